The molecule has 2 N–H and O–H groups in total. The van der Waals surface area contributed by atoms with Crippen LogP contribution in [0.4, 0.5) is 0 Å². The number of aromatic nitrogens is 5. The molecule has 4 heterocycles. The van der Waals surface area contributed by atoms with Gasteiger partial charge in [0.05, 0.1) is 17.8 Å². The van der Waals surface area contributed by atoms with E-state index in [1.165, 1.54) is 0 Å². The second-order valence-corrected chi connectivity index (χ2v) is 7.26. The largest absolute Gasteiger partial charge is 0.352 e. The Morgan fingerprint density at radius 1 is 1.41 bits per heavy atom. The Balaban J connectivity index is 1.50. The number of aromatic amines is 1. The van der Waals surface area contributed by atoms with Gasteiger partial charge in [0, 0.05) is 55.6 Å². The zero-order valence-corrected chi connectivity index (χ0v) is 15.9. The molecular formula is C19H25N7O. The van der Waals surface area contributed by atoms with Crippen LogP contribution < -0.4 is 5.32 Å². The summed E-state index contributed by atoms with van der Waals surface area (Å²) in [5.74, 6) is 1.03. The Kier molecular flexibility index (Phi) is 4.65. The smallest absolute Gasteiger partial charge is 0.225 e. The normalized spacial score (nSPS) is 20.4. The number of nitrogens with one attached hydrogen (secondary N) is 2. The third-order valence-corrected chi connectivity index (χ3v) is 5.30. The van der Waals surface area contributed by atoms with E-state index < -0.39 is 0 Å². The predicted octanol–water partition coefficient (Wildman–Crippen LogP) is 1.28. The number of carbonyl (C=O) groups is 1. The molecule has 3 aromatic rings. The van der Waals surface area contributed by atoms with Crippen molar-refractivity contribution >= 4 is 11.6 Å². The lowest BCUT2D eigenvalue weighted by Crippen LogP contribution is -2.34. The average Bonchev–Trinajstić information content (AvgIpc) is 3.36. The molecule has 3 aromatic heterocycles. The lowest BCUT2D eigenvalue weighted by Gasteiger charge is -2.17. The lowest BCUT2D eigenvalue weighted by molar-refractivity contribution is -0.125. The zero-order chi connectivity index (χ0) is 19.0. The molecule has 27 heavy (non-hydrogen) atoms. The maximum absolute atomic E-state index is 13.0. The van der Waals surface area contributed by atoms with E-state index in [1.54, 1.807) is 16.9 Å². The van der Waals surface area contributed by atoms with Gasteiger partial charge in [-0.05, 0) is 20.0 Å². The molecule has 1 fully saturated rings. The van der Waals surface area contributed by atoms with Crippen molar-refractivity contribution in [3.63, 3.8) is 0 Å². The summed E-state index contributed by atoms with van der Waals surface area (Å²) in [7, 11) is 2.05. The molecule has 2 atom stereocenters. The fraction of sp³-hybridized carbons (Fsp3) is 0.474. The third kappa shape index (κ3) is 3.32. The molecule has 8 heteroatoms. The summed E-state index contributed by atoms with van der Waals surface area (Å²) in [4.78, 5) is 27.6. The standard InChI is InChI=1S/C19H25N7O/c1-4-16-23-12(2)17(24-16)14-10-25(3)11-15(14)19(27)21-8-13-9-22-26-7-5-6-20-18(13)26/h5-7,9,14-15H,4,8,10-11H2,1-3H3,(H,21,27)(H,23,24)/t14-,15-/m0/s1. The number of hydrogen-bond acceptors (Lipinski definition) is 5. The Morgan fingerprint density at radius 3 is 3.04 bits per heavy atom. The lowest BCUT2D eigenvalue weighted by atomic mass is 9.91. The van der Waals surface area contributed by atoms with Crippen LogP contribution in [-0.4, -0.2) is 55.5 Å². The molecule has 0 spiro atoms. The maximum Gasteiger partial charge on any atom is 0.225 e. The highest BCUT2D eigenvalue weighted by Gasteiger charge is 2.39. The van der Waals surface area contributed by atoms with Crippen molar-refractivity contribution in [1.82, 2.24) is 34.8 Å². The molecule has 0 radical (unpaired) electrons. The summed E-state index contributed by atoms with van der Waals surface area (Å²) in [5.41, 5.74) is 3.77. The first-order valence-corrected chi connectivity index (χ1v) is 9.35. The number of rotatable bonds is 5. The summed E-state index contributed by atoms with van der Waals surface area (Å²) >= 11 is 0. The van der Waals surface area contributed by atoms with Gasteiger partial charge in [0.2, 0.25) is 5.91 Å². The molecule has 0 unspecified atom stereocenters. The van der Waals surface area contributed by atoms with Gasteiger partial charge in [-0.1, -0.05) is 6.92 Å². The summed E-state index contributed by atoms with van der Waals surface area (Å²) in [6, 6.07) is 1.83. The Morgan fingerprint density at radius 2 is 2.26 bits per heavy atom. The van der Waals surface area contributed by atoms with E-state index >= 15 is 0 Å². The van der Waals surface area contributed by atoms with Crippen LogP contribution in [0.5, 0.6) is 0 Å². The van der Waals surface area contributed by atoms with Crippen molar-refractivity contribution in [2.24, 2.45) is 5.92 Å². The van der Waals surface area contributed by atoms with E-state index in [1.807, 2.05) is 19.2 Å². The number of likely N-dealkylation sites (N-methyl/N-ethyl adjacent to an activating group) is 1. The van der Waals surface area contributed by atoms with Crippen LogP contribution in [0, 0.1) is 12.8 Å². The van der Waals surface area contributed by atoms with Crippen molar-refractivity contribution in [1.29, 1.82) is 0 Å². The number of fused-ring (bicyclic) bond motifs is 1. The van der Waals surface area contributed by atoms with E-state index in [-0.39, 0.29) is 17.7 Å². The molecule has 4 rings (SSSR count). The first kappa shape index (κ1) is 17.7. The van der Waals surface area contributed by atoms with Crippen LogP contribution in [0.3, 0.4) is 0 Å². The number of amides is 1. The third-order valence-electron chi connectivity index (χ3n) is 5.30. The number of imidazole rings is 1. The minimum absolute atomic E-state index is 0.0556. The first-order chi connectivity index (χ1) is 13.1. The average molecular weight is 367 g/mol. The number of aryl methyl sites for hydroxylation is 2. The second kappa shape index (κ2) is 7.11. The Bertz CT molecular complexity index is 960. The van der Waals surface area contributed by atoms with Gasteiger partial charge in [-0.3, -0.25) is 4.79 Å². The van der Waals surface area contributed by atoms with Crippen LogP contribution in [0.1, 0.15) is 35.6 Å². The number of nitrogens with zero attached hydrogens (tertiary/aromatic N) is 5. The molecule has 0 aliphatic carbocycles. The molecule has 0 bridgehead atoms. The van der Waals surface area contributed by atoms with Crippen LogP contribution in [0.25, 0.3) is 5.65 Å². The van der Waals surface area contributed by atoms with Gasteiger partial charge >= 0.3 is 0 Å². The molecular weight excluding hydrogens is 342 g/mol. The van der Waals surface area contributed by atoms with Crippen LogP contribution in [-0.2, 0) is 17.8 Å². The van der Waals surface area contributed by atoms with Crippen LogP contribution in [0.2, 0.25) is 0 Å². The fourth-order valence-corrected chi connectivity index (χ4v) is 3.92. The molecule has 8 nitrogen and oxygen atoms in total. The molecule has 1 aliphatic heterocycles. The van der Waals surface area contributed by atoms with Gasteiger partial charge in [-0.25, -0.2) is 14.5 Å². The van der Waals surface area contributed by atoms with Crippen molar-refractivity contribution in [3.8, 4) is 0 Å². The van der Waals surface area contributed by atoms with Gasteiger partial charge in [0.25, 0.3) is 0 Å². The number of hydrogen-bond donors (Lipinski definition) is 2. The summed E-state index contributed by atoms with van der Waals surface area (Å²) in [5, 5.41) is 7.36. The quantitative estimate of drug-likeness (QED) is 0.709. The van der Waals surface area contributed by atoms with Crippen LogP contribution >= 0.6 is 0 Å². The van der Waals surface area contributed by atoms with E-state index in [4.69, 9.17) is 4.98 Å². The summed E-state index contributed by atoms with van der Waals surface area (Å²) in [6.07, 6.45) is 6.20. The minimum Gasteiger partial charge on any atom is -0.352 e. The zero-order valence-electron chi connectivity index (χ0n) is 15.9. The summed E-state index contributed by atoms with van der Waals surface area (Å²) < 4.78 is 1.72. The highest BCUT2D eigenvalue weighted by Crippen LogP contribution is 2.33. The number of likely N-dealkylation sites (tertiary alicyclic amines) is 1. The van der Waals surface area contributed by atoms with Crippen molar-refractivity contribution in [2.75, 3.05) is 20.1 Å². The van der Waals surface area contributed by atoms with Gasteiger partial charge in [-0.15, -0.1) is 0 Å². The minimum atomic E-state index is -0.114. The highest BCUT2D eigenvalue weighted by atomic mass is 16.1. The Labute approximate surface area is 158 Å². The molecule has 0 aromatic carbocycles. The van der Waals surface area contributed by atoms with Gasteiger partial charge < -0.3 is 15.2 Å². The fourth-order valence-electron chi connectivity index (χ4n) is 3.92. The van der Waals surface area contributed by atoms with E-state index in [9.17, 15) is 4.79 Å². The van der Waals surface area contributed by atoms with Crippen molar-refractivity contribution in [2.45, 2.75) is 32.7 Å². The van der Waals surface area contributed by atoms with E-state index in [2.05, 4.69) is 39.3 Å². The summed E-state index contributed by atoms with van der Waals surface area (Å²) in [6.45, 7) is 6.12. The van der Waals surface area contributed by atoms with Gasteiger partial charge in [0.1, 0.15) is 5.82 Å². The van der Waals surface area contributed by atoms with Crippen molar-refractivity contribution < 1.29 is 4.79 Å². The SMILES string of the molecule is CCc1nc([C@H]2CN(C)C[C@@H]2C(=O)NCc2cnn3cccnc23)c(C)[nH]1. The number of H-pyrrole nitrogens is 1. The molecule has 1 amide bonds. The molecule has 1 saturated heterocycles. The highest BCUT2D eigenvalue weighted by molar-refractivity contribution is 5.80. The maximum atomic E-state index is 13.0. The van der Waals surface area contributed by atoms with Crippen molar-refractivity contribution in [3.05, 3.63) is 47.4 Å². The topological polar surface area (TPSA) is 91.2 Å². The van der Waals surface area contributed by atoms with E-state index in [0.717, 1.165) is 47.9 Å². The Hall–Kier alpha value is -2.74. The predicted molar refractivity (Wildman–Crippen MR) is 101 cm³/mol. The molecule has 142 valence electrons. The second-order valence-electron chi connectivity index (χ2n) is 7.26. The molecule has 1 aliphatic rings. The monoisotopic (exact) mass is 367 g/mol. The molecule has 0 saturated carbocycles. The van der Waals surface area contributed by atoms with Gasteiger partial charge in [0.15, 0.2) is 5.65 Å². The first-order valence-electron chi connectivity index (χ1n) is 9.35. The van der Waals surface area contributed by atoms with E-state index in [0.29, 0.717) is 6.54 Å². The van der Waals surface area contributed by atoms with Gasteiger partial charge in [-0.2, -0.15) is 5.10 Å². The van der Waals surface area contributed by atoms with Crippen LogP contribution in [0.15, 0.2) is 24.7 Å². The number of carbonyl (C=O) groups excluding carboxylic acids is 1.